The molecule has 0 bridgehead atoms. The molecule has 240 valence electrons. The van der Waals surface area contributed by atoms with Gasteiger partial charge < -0.3 is 4.90 Å². The van der Waals surface area contributed by atoms with Crippen LogP contribution in [-0.2, 0) is 10.8 Å². The minimum atomic E-state index is -2.34. The molecule has 1 spiro atoms. The van der Waals surface area contributed by atoms with Gasteiger partial charge in [-0.05, 0) is 117 Å². The van der Waals surface area contributed by atoms with Crippen molar-refractivity contribution in [3.8, 4) is 33.4 Å². The summed E-state index contributed by atoms with van der Waals surface area (Å²) in [6, 6.07) is 49.7. The molecule has 0 N–H and O–H groups in total. The largest absolute Gasteiger partial charge is 0.310 e. The molecule has 1 heteroatoms. The average Bonchev–Trinajstić information content (AvgIpc) is 3.73. The highest BCUT2D eigenvalue weighted by molar-refractivity contribution is 5.97. The van der Waals surface area contributed by atoms with Crippen molar-refractivity contribution < 1.29 is 8.22 Å². The second-order valence-electron chi connectivity index (χ2n) is 14.5. The molecule has 1 nitrogen and oxygen atoms in total. The highest BCUT2D eigenvalue weighted by Crippen LogP contribution is 2.64. The van der Waals surface area contributed by atoms with Crippen LogP contribution >= 0.6 is 0 Å². The van der Waals surface area contributed by atoms with E-state index >= 15 is 0 Å². The van der Waals surface area contributed by atoms with E-state index in [1.54, 1.807) is 12.1 Å². The minimum Gasteiger partial charge on any atom is -0.310 e. The van der Waals surface area contributed by atoms with E-state index in [0.29, 0.717) is 0 Å². The first kappa shape index (κ1) is 23.7. The molecule has 3 aliphatic carbocycles. The van der Waals surface area contributed by atoms with Gasteiger partial charge in [-0.1, -0.05) is 146 Å². The van der Waals surface area contributed by atoms with Crippen molar-refractivity contribution in [1.82, 2.24) is 0 Å². The maximum atomic E-state index is 8.46. The van der Waals surface area contributed by atoms with E-state index < -0.39 is 19.1 Å². The molecule has 0 aliphatic heterocycles. The second kappa shape index (κ2) is 10.2. The number of benzene rings is 7. The summed E-state index contributed by atoms with van der Waals surface area (Å²) in [5, 5.41) is 0. The van der Waals surface area contributed by atoms with Crippen LogP contribution in [0.4, 0.5) is 17.1 Å². The number of rotatable bonds is 3. The number of anilines is 3. The Morgan fingerprint density at radius 1 is 0.460 bits per heavy atom. The molecule has 50 heavy (non-hydrogen) atoms. The average molecular weight is 648 g/mol. The zero-order valence-electron chi connectivity index (χ0n) is 34.3. The molecule has 0 amide bonds. The highest BCUT2D eigenvalue weighted by atomic mass is 15.1. The molecule has 0 unspecified atom stereocenters. The fourth-order valence-electron chi connectivity index (χ4n) is 9.54. The molecule has 0 saturated carbocycles. The molecule has 3 aliphatic rings. The van der Waals surface area contributed by atoms with Crippen molar-refractivity contribution in [2.45, 2.75) is 45.3 Å². The standard InChI is InChI=1S/C49H39N/c1-30-21-24-36-37-25-22-31(2)28-43(37)49(42(36)27-30)41-18-10-8-14-34(41)38-26-23-33(29-44(38)49)50(45-19-11-6-13-32(45)3)46-20-12-16-39-35-15-7-9-17-40(35)48(4,5)47(39)46/h6-29H,1-5H3/i1D3,2D3. The van der Waals surface area contributed by atoms with E-state index in [1.165, 1.54) is 22.3 Å². The molecule has 0 atom stereocenters. The lowest BCUT2D eigenvalue weighted by atomic mass is 9.70. The smallest absolute Gasteiger partial charge is 0.0726 e. The summed E-state index contributed by atoms with van der Waals surface area (Å²) >= 11 is 0. The van der Waals surface area contributed by atoms with Gasteiger partial charge in [0.2, 0.25) is 0 Å². The fourth-order valence-corrected chi connectivity index (χ4v) is 9.54. The Balaban J connectivity index is 1.30. The van der Waals surface area contributed by atoms with Gasteiger partial charge in [0.1, 0.15) is 0 Å². The fraction of sp³-hybridized carbons (Fsp3) is 0.143. The summed E-state index contributed by atoms with van der Waals surface area (Å²) in [6.07, 6.45) is 0. The number of hydrogen-bond donors (Lipinski definition) is 0. The second-order valence-corrected chi connectivity index (χ2v) is 14.5. The van der Waals surface area contributed by atoms with E-state index in [0.717, 1.165) is 67.1 Å². The lowest BCUT2D eigenvalue weighted by Crippen LogP contribution is -2.26. The molecular weight excluding hydrogens is 603 g/mol. The molecule has 0 radical (unpaired) electrons. The number of para-hydroxylation sites is 1. The van der Waals surface area contributed by atoms with Crippen LogP contribution in [0.3, 0.4) is 0 Å². The van der Waals surface area contributed by atoms with Gasteiger partial charge in [0.25, 0.3) is 0 Å². The third-order valence-corrected chi connectivity index (χ3v) is 11.6. The summed E-state index contributed by atoms with van der Waals surface area (Å²) in [7, 11) is 0. The Hall–Kier alpha value is -5.66. The van der Waals surface area contributed by atoms with Crippen LogP contribution in [0, 0.1) is 20.6 Å². The summed E-state index contributed by atoms with van der Waals surface area (Å²) in [5.41, 5.74) is 16.1. The zero-order valence-corrected chi connectivity index (χ0v) is 28.3. The zero-order chi connectivity index (χ0) is 38.9. The first-order valence-corrected chi connectivity index (χ1v) is 17.4. The predicted octanol–water partition coefficient (Wildman–Crippen LogP) is 12.7. The Kier molecular flexibility index (Phi) is 4.82. The monoisotopic (exact) mass is 647 g/mol. The van der Waals surface area contributed by atoms with Gasteiger partial charge in [0.05, 0.1) is 11.1 Å². The summed E-state index contributed by atoms with van der Waals surface area (Å²) < 4.78 is 50.7. The third kappa shape index (κ3) is 3.67. The van der Waals surface area contributed by atoms with Crippen molar-refractivity contribution in [2.24, 2.45) is 0 Å². The van der Waals surface area contributed by atoms with Crippen molar-refractivity contribution in [3.05, 3.63) is 196 Å². The molecule has 10 rings (SSSR count). The van der Waals surface area contributed by atoms with E-state index in [2.05, 4.69) is 123 Å². The normalized spacial score (nSPS) is 17.1. The maximum Gasteiger partial charge on any atom is 0.0726 e. The predicted molar refractivity (Wildman–Crippen MR) is 209 cm³/mol. The molecule has 0 saturated heterocycles. The first-order chi connectivity index (χ1) is 26.7. The van der Waals surface area contributed by atoms with Crippen LogP contribution < -0.4 is 4.90 Å². The van der Waals surface area contributed by atoms with Crippen LogP contribution in [0.1, 0.15) is 72.1 Å². The summed E-state index contributed by atoms with van der Waals surface area (Å²) in [6.45, 7) is 2.09. The van der Waals surface area contributed by atoms with Crippen molar-refractivity contribution in [3.63, 3.8) is 0 Å². The lowest BCUT2D eigenvalue weighted by Gasteiger charge is -2.35. The van der Waals surface area contributed by atoms with Crippen LogP contribution in [0.25, 0.3) is 33.4 Å². The Morgan fingerprint density at radius 3 is 1.66 bits per heavy atom. The quantitative estimate of drug-likeness (QED) is 0.184. The number of nitrogens with zero attached hydrogens (tertiary/aromatic N) is 1. The molecule has 7 aromatic rings. The molecule has 0 fully saturated rings. The van der Waals surface area contributed by atoms with Gasteiger partial charge in [0.15, 0.2) is 0 Å². The SMILES string of the molecule is [2H]C([2H])([2H])c1ccc2c(c1)C1(c3ccccc3-c3ccc(N(c4ccccc4C)c4cccc5c4C(C)(C)c4ccccc4-5)cc31)c1cc(C([2H])([2H])[2H])ccc1-2. The van der Waals surface area contributed by atoms with Crippen molar-refractivity contribution in [2.75, 3.05) is 4.90 Å². The van der Waals surface area contributed by atoms with Crippen LogP contribution in [0.2, 0.25) is 0 Å². The van der Waals surface area contributed by atoms with Gasteiger partial charge in [-0.25, -0.2) is 0 Å². The first-order valence-electron chi connectivity index (χ1n) is 20.4. The van der Waals surface area contributed by atoms with Gasteiger partial charge in [-0.15, -0.1) is 0 Å². The highest BCUT2D eigenvalue weighted by Gasteiger charge is 2.52. The van der Waals surface area contributed by atoms with Gasteiger partial charge in [0, 0.05) is 25.0 Å². The number of aryl methyl sites for hydroxylation is 3. The molecule has 7 aromatic carbocycles. The van der Waals surface area contributed by atoms with Gasteiger partial charge in [-0.3, -0.25) is 0 Å². The van der Waals surface area contributed by atoms with Gasteiger partial charge >= 0.3 is 0 Å². The molecule has 0 heterocycles. The molecular formula is C49H39N. The van der Waals surface area contributed by atoms with Crippen LogP contribution in [0.5, 0.6) is 0 Å². The Labute approximate surface area is 304 Å². The maximum absolute atomic E-state index is 8.46. The van der Waals surface area contributed by atoms with Crippen molar-refractivity contribution >= 4 is 17.1 Å². The summed E-state index contributed by atoms with van der Waals surface area (Å²) in [4.78, 5) is 2.38. The number of hydrogen-bond acceptors (Lipinski definition) is 1. The third-order valence-electron chi connectivity index (χ3n) is 11.6. The van der Waals surface area contributed by atoms with Crippen LogP contribution in [0.15, 0.2) is 146 Å². The van der Waals surface area contributed by atoms with E-state index in [-0.39, 0.29) is 16.5 Å². The molecule has 0 aromatic heterocycles. The topological polar surface area (TPSA) is 3.24 Å². The number of fused-ring (bicyclic) bond motifs is 13. The van der Waals surface area contributed by atoms with E-state index in [4.69, 9.17) is 8.22 Å². The van der Waals surface area contributed by atoms with Gasteiger partial charge in [-0.2, -0.15) is 0 Å². The van der Waals surface area contributed by atoms with Crippen molar-refractivity contribution in [1.29, 1.82) is 0 Å². The van der Waals surface area contributed by atoms with Crippen LogP contribution in [-0.4, -0.2) is 0 Å². The minimum absolute atomic E-state index is 0.254. The van der Waals surface area contributed by atoms with E-state index in [9.17, 15) is 0 Å². The summed E-state index contributed by atoms with van der Waals surface area (Å²) in [5.74, 6) is 0. The van der Waals surface area contributed by atoms with E-state index in [1.807, 2.05) is 36.4 Å². The lowest BCUT2D eigenvalue weighted by molar-refractivity contribution is 0.660. The Bertz CT molecular complexity index is 2730. The Morgan fingerprint density at radius 2 is 0.980 bits per heavy atom.